The van der Waals surface area contributed by atoms with Crippen molar-refractivity contribution in [2.24, 2.45) is 0 Å². The molecule has 1 aliphatic heterocycles. The number of rotatable bonds is 2. The molecule has 0 saturated carbocycles. The number of para-hydroxylation sites is 1. The average Bonchev–Trinajstić information content (AvgIpc) is 2.82. The molecule has 0 fully saturated rings. The van der Waals surface area contributed by atoms with Crippen molar-refractivity contribution in [3.8, 4) is 0 Å². The number of hydrogen-bond acceptors (Lipinski definition) is 1. The Morgan fingerprint density at radius 2 is 1.95 bits per heavy atom. The second kappa shape index (κ2) is 6.04. The van der Waals surface area contributed by atoms with Crippen LogP contribution in [0.5, 0.6) is 0 Å². The zero-order chi connectivity index (χ0) is 14.8. The number of nitrogens with zero attached hydrogens (tertiary/aromatic N) is 1. The van der Waals surface area contributed by atoms with Crippen LogP contribution in [0.3, 0.4) is 0 Å². The Balaban J connectivity index is 1.70. The van der Waals surface area contributed by atoms with Gasteiger partial charge in [0.05, 0.1) is 0 Å². The van der Waals surface area contributed by atoms with Gasteiger partial charge in [-0.25, -0.2) is 0 Å². The van der Waals surface area contributed by atoms with E-state index in [0.717, 1.165) is 16.6 Å². The number of anilines is 1. The quantitative estimate of drug-likeness (QED) is 0.837. The lowest BCUT2D eigenvalue weighted by atomic mass is 10.1. The standard InChI is InChI=1S/C17H17ClN2S/c1-12-10-14-4-2-3-5-16(14)20(12)17(21)19-11-13-6-8-15(18)9-7-13/h2-9,12H,10-11H2,1H3,(H,19,21). The molecule has 1 aliphatic rings. The maximum atomic E-state index is 5.90. The molecule has 2 aromatic rings. The van der Waals surface area contributed by atoms with Gasteiger partial charge in [-0.05, 0) is 54.9 Å². The van der Waals surface area contributed by atoms with Gasteiger partial charge in [-0.3, -0.25) is 0 Å². The van der Waals surface area contributed by atoms with Crippen molar-refractivity contribution >= 4 is 34.6 Å². The SMILES string of the molecule is CC1Cc2ccccc2N1C(=S)NCc1ccc(Cl)cc1. The predicted molar refractivity (Wildman–Crippen MR) is 93.0 cm³/mol. The Morgan fingerprint density at radius 3 is 2.71 bits per heavy atom. The molecule has 1 heterocycles. The van der Waals surface area contributed by atoms with Crippen LogP contribution in [0.15, 0.2) is 48.5 Å². The average molecular weight is 317 g/mol. The molecule has 0 aliphatic carbocycles. The fourth-order valence-corrected chi connectivity index (χ4v) is 3.22. The van der Waals surface area contributed by atoms with E-state index in [4.69, 9.17) is 23.8 Å². The molecule has 2 aromatic carbocycles. The summed E-state index contributed by atoms with van der Waals surface area (Å²) < 4.78 is 0. The molecule has 0 aromatic heterocycles. The summed E-state index contributed by atoms with van der Waals surface area (Å²) in [6.45, 7) is 2.91. The topological polar surface area (TPSA) is 15.3 Å². The minimum Gasteiger partial charge on any atom is -0.358 e. The third kappa shape index (κ3) is 3.04. The molecule has 3 rings (SSSR count). The van der Waals surface area contributed by atoms with Crippen LogP contribution in [0.2, 0.25) is 5.02 Å². The Kier molecular flexibility index (Phi) is 4.13. The van der Waals surface area contributed by atoms with E-state index < -0.39 is 0 Å². The van der Waals surface area contributed by atoms with Gasteiger partial charge in [0.25, 0.3) is 0 Å². The number of thiocarbonyl (C=S) groups is 1. The number of nitrogens with one attached hydrogen (secondary N) is 1. The fraction of sp³-hybridized carbons (Fsp3) is 0.235. The summed E-state index contributed by atoms with van der Waals surface area (Å²) in [5.41, 5.74) is 3.75. The largest absolute Gasteiger partial charge is 0.358 e. The minimum atomic E-state index is 0.396. The highest BCUT2D eigenvalue weighted by Crippen LogP contribution is 2.31. The molecule has 0 saturated heterocycles. The van der Waals surface area contributed by atoms with Gasteiger partial charge < -0.3 is 10.2 Å². The van der Waals surface area contributed by atoms with E-state index in [9.17, 15) is 0 Å². The first-order valence-corrected chi connectivity index (χ1v) is 7.83. The summed E-state index contributed by atoms with van der Waals surface area (Å²) in [7, 11) is 0. The normalized spacial score (nSPS) is 16.7. The zero-order valence-corrected chi connectivity index (χ0v) is 13.4. The molecule has 1 atom stereocenters. The first-order valence-electron chi connectivity index (χ1n) is 7.04. The predicted octanol–water partition coefficient (Wildman–Crippen LogP) is 4.17. The maximum absolute atomic E-state index is 5.90. The van der Waals surface area contributed by atoms with E-state index in [0.29, 0.717) is 12.6 Å². The van der Waals surface area contributed by atoms with Gasteiger partial charge >= 0.3 is 0 Å². The summed E-state index contributed by atoms with van der Waals surface area (Å²) in [5.74, 6) is 0. The number of halogens is 1. The van der Waals surface area contributed by atoms with Gasteiger partial charge in [-0.2, -0.15) is 0 Å². The Hall–Kier alpha value is -1.58. The summed E-state index contributed by atoms with van der Waals surface area (Å²) in [4.78, 5) is 2.21. The molecule has 0 radical (unpaired) electrons. The molecule has 2 nitrogen and oxygen atoms in total. The van der Waals surface area contributed by atoms with Crippen LogP contribution in [-0.2, 0) is 13.0 Å². The fourth-order valence-electron chi connectivity index (χ4n) is 2.74. The molecule has 0 bridgehead atoms. The van der Waals surface area contributed by atoms with Crippen molar-refractivity contribution in [1.82, 2.24) is 5.32 Å². The van der Waals surface area contributed by atoms with Gasteiger partial charge in [0.15, 0.2) is 5.11 Å². The summed E-state index contributed by atoms with van der Waals surface area (Å²) in [6, 6.07) is 16.7. The highest BCUT2D eigenvalue weighted by Gasteiger charge is 2.28. The Bertz CT molecular complexity index is 654. The number of hydrogen-bond donors (Lipinski definition) is 1. The van der Waals surface area contributed by atoms with E-state index in [2.05, 4.69) is 41.4 Å². The van der Waals surface area contributed by atoms with Crippen molar-refractivity contribution < 1.29 is 0 Å². The number of fused-ring (bicyclic) bond motifs is 1. The van der Waals surface area contributed by atoms with Crippen LogP contribution in [0, 0.1) is 0 Å². The van der Waals surface area contributed by atoms with Crippen LogP contribution in [-0.4, -0.2) is 11.2 Å². The first-order chi connectivity index (χ1) is 10.1. The van der Waals surface area contributed by atoms with Crippen LogP contribution >= 0.6 is 23.8 Å². The lowest BCUT2D eigenvalue weighted by Crippen LogP contribution is -2.42. The molecule has 108 valence electrons. The Labute approximate surface area is 135 Å². The third-order valence-electron chi connectivity index (χ3n) is 3.78. The van der Waals surface area contributed by atoms with Crippen LogP contribution in [0.4, 0.5) is 5.69 Å². The number of benzene rings is 2. The van der Waals surface area contributed by atoms with Crippen molar-refractivity contribution in [3.63, 3.8) is 0 Å². The van der Waals surface area contributed by atoms with Crippen LogP contribution < -0.4 is 10.2 Å². The van der Waals surface area contributed by atoms with Crippen molar-refractivity contribution in [2.75, 3.05) is 4.90 Å². The van der Waals surface area contributed by atoms with Gasteiger partial charge in [-0.15, -0.1) is 0 Å². The molecule has 21 heavy (non-hydrogen) atoms. The van der Waals surface area contributed by atoms with Crippen molar-refractivity contribution in [2.45, 2.75) is 25.9 Å². The summed E-state index contributed by atoms with van der Waals surface area (Å²) >= 11 is 11.5. The van der Waals surface area contributed by atoms with E-state index >= 15 is 0 Å². The molecule has 1 N–H and O–H groups in total. The summed E-state index contributed by atoms with van der Waals surface area (Å²) in [6.07, 6.45) is 1.04. The summed E-state index contributed by atoms with van der Waals surface area (Å²) in [5, 5.41) is 4.88. The minimum absolute atomic E-state index is 0.396. The van der Waals surface area contributed by atoms with E-state index in [1.165, 1.54) is 16.8 Å². The van der Waals surface area contributed by atoms with E-state index in [1.54, 1.807) is 0 Å². The lowest BCUT2D eigenvalue weighted by Gasteiger charge is -2.26. The van der Waals surface area contributed by atoms with Crippen LogP contribution in [0.1, 0.15) is 18.1 Å². The zero-order valence-electron chi connectivity index (χ0n) is 11.8. The molecular formula is C17H17ClN2S. The van der Waals surface area contributed by atoms with Gasteiger partial charge in [-0.1, -0.05) is 41.9 Å². The highest BCUT2D eigenvalue weighted by molar-refractivity contribution is 7.80. The van der Waals surface area contributed by atoms with Crippen molar-refractivity contribution in [1.29, 1.82) is 0 Å². The second-order valence-electron chi connectivity index (χ2n) is 5.34. The monoisotopic (exact) mass is 316 g/mol. The van der Waals surface area contributed by atoms with E-state index in [-0.39, 0.29) is 0 Å². The van der Waals surface area contributed by atoms with E-state index in [1.807, 2.05) is 24.3 Å². The maximum Gasteiger partial charge on any atom is 0.174 e. The second-order valence-corrected chi connectivity index (χ2v) is 6.16. The highest BCUT2D eigenvalue weighted by atomic mass is 35.5. The molecule has 1 unspecified atom stereocenters. The molecular weight excluding hydrogens is 300 g/mol. The Morgan fingerprint density at radius 1 is 1.24 bits per heavy atom. The van der Waals surface area contributed by atoms with Gasteiger partial charge in [0.1, 0.15) is 0 Å². The molecule has 4 heteroatoms. The molecule has 0 spiro atoms. The van der Waals surface area contributed by atoms with Crippen LogP contribution in [0.25, 0.3) is 0 Å². The third-order valence-corrected chi connectivity index (χ3v) is 4.38. The molecule has 0 amide bonds. The van der Waals surface area contributed by atoms with Gasteiger partial charge in [0.2, 0.25) is 0 Å². The first kappa shape index (κ1) is 14.4. The lowest BCUT2D eigenvalue weighted by molar-refractivity contribution is 0.755. The van der Waals surface area contributed by atoms with Gasteiger partial charge in [0, 0.05) is 23.3 Å². The van der Waals surface area contributed by atoms with Crippen molar-refractivity contribution in [3.05, 3.63) is 64.7 Å². The smallest absolute Gasteiger partial charge is 0.174 e.